The highest BCUT2D eigenvalue weighted by molar-refractivity contribution is 5.34. The highest BCUT2D eigenvalue weighted by atomic mass is 19.4. The molecular formula is C7H4F4O2. The Bertz CT molecular complexity index is 308. The zero-order chi connectivity index (χ0) is 10.1. The average molecular weight is 196 g/mol. The number of hydrogen-bond acceptors (Lipinski definition) is 2. The molecule has 0 aromatic heterocycles. The van der Waals surface area contributed by atoms with Crippen molar-refractivity contribution in [3.05, 3.63) is 24.0 Å². The van der Waals surface area contributed by atoms with Crippen LogP contribution in [0.2, 0.25) is 0 Å². The summed E-state index contributed by atoms with van der Waals surface area (Å²) in [5, 5.41) is 8.67. The van der Waals surface area contributed by atoms with E-state index in [9.17, 15) is 17.6 Å². The molecule has 0 bridgehead atoms. The Balaban J connectivity index is 2.96. The highest BCUT2D eigenvalue weighted by Gasteiger charge is 2.32. The predicted octanol–water partition coefficient (Wildman–Crippen LogP) is 2.43. The van der Waals surface area contributed by atoms with Gasteiger partial charge < -0.3 is 9.84 Å². The molecule has 0 saturated heterocycles. The van der Waals surface area contributed by atoms with Crippen molar-refractivity contribution in [1.29, 1.82) is 0 Å². The Morgan fingerprint density at radius 2 is 1.85 bits per heavy atom. The summed E-state index contributed by atoms with van der Waals surface area (Å²) in [7, 11) is 0. The lowest BCUT2D eigenvalue weighted by Crippen LogP contribution is -2.17. The molecule has 0 heterocycles. The van der Waals surface area contributed by atoms with Crippen LogP contribution in [-0.2, 0) is 0 Å². The van der Waals surface area contributed by atoms with Gasteiger partial charge in [0.25, 0.3) is 0 Å². The molecule has 0 saturated carbocycles. The smallest absolute Gasteiger partial charge is 0.505 e. The summed E-state index contributed by atoms with van der Waals surface area (Å²) in [6.45, 7) is 0. The Hall–Kier alpha value is -1.46. The molecule has 6 heteroatoms. The van der Waals surface area contributed by atoms with Crippen molar-refractivity contribution in [2.24, 2.45) is 0 Å². The second kappa shape index (κ2) is 3.12. The number of benzene rings is 1. The molecule has 1 aromatic rings. The molecule has 0 atom stereocenters. The van der Waals surface area contributed by atoms with E-state index in [1.54, 1.807) is 0 Å². The Labute approximate surface area is 70.4 Å². The summed E-state index contributed by atoms with van der Waals surface area (Å²) in [4.78, 5) is 0. The van der Waals surface area contributed by atoms with Gasteiger partial charge in [-0.05, 0) is 12.1 Å². The van der Waals surface area contributed by atoms with Crippen molar-refractivity contribution in [1.82, 2.24) is 0 Å². The third kappa shape index (κ3) is 2.50. The summed E-state index contributed by atoms with van der Waals surface area (Å²) >= 11 is 0. The van der Waals surface area contributed by atoms with Crippen LogP contribution in [0.1, 0.15) is 0 Å². The third-order valence-corrected chi connectivity index (χ3v) is 1.17. The monoisotopic (exact) mass is 196 g/mol. The van der Waals surface area contributed by atoms with E-state index in [0.29, 0.717) is 0 Å². The maximum atomic E-state index is 12.7. The lowest BCUT2D eigenvalue weighted by molar-refractivity contribution is -0.275. The summed E-state index contributed by atoms with van der Waals surface area (Å²) in [5.41, 5.74) is 0. The van der Waals surface area contributed by atoms with Gasteiger partial charge in [0.05, 0.1) is 0 Å². The van der Waals surface area contributed by atoms with E-state index >= 15 is 0 Å². The molecule has 2 nitrogen and oxygen atoms in total. The number of phenols is 1. The third-order valence-electron chi connectivity index (χ3n) is 1.17. The van der Waals surface area contributed by atoms with Gasteiger partial charge in [0.2, 0.25) is 5.82 Å². The molecule has 0 fully saturated rings. The molecule has 0 amide bonds. The van der Waals surface area contributed by atoms with Gasteiger partial charge in [-0.1, -0.05) is 6.07 Å². The van der Waals surface area contributed by atoms with Crippen molar-refractivity contribution in [2.75, 3.05) is 0 Å². The second-order valence-corrected chi connectivity index (χ2v) is 2.14. The van der Waals surface area contributed by atoms with Gasteiger partial charge in [-0.3, -0.25) is 0 Å². The minimum atomic E-state index is -4.96. The number of hydrogen-bond donors (Lipinski definition) is 1. The minimum absolute atomic E-state index is 0.766. The topological polar surface area (TPSA) is 29.5 Å². The lowest BCUT2D eigenvalue weighted by atomic mass is 10.3. The molecule has 0 unspecified atom stereocenters. The largest absolute Gasteiger partial charge is 0.573 e. The van der Waals surface area contributed by atoms with Crippen molar-refractivity contribution >= 4 is 0 Å². The fourth-order valence-corrected chi connectivity index (χ4v) is 0.703. The van der Waals surface area contributed by atoms with Crippen molar-refractivity contribution < 1.29 is 27.4 Å². The number of aromatic hydroxyl groups is 1. The van der Waals surface area contributed by atoms with E-state index in [1.165, 1.54) is 0 Å². The van der Waals surface area contributed by atoms with E-state index in [-0.39, 0.29) is 0 Å². The van der Waals surface area contributed by atoms with Crippen LogP contribution in [0.5, 0.6) is 11.5 Å². The van der Waals surface area contributed by atoms with Crippen LogP contribution in [0.3, 0.4) is 0 Å². The summed E-state index contributed by atoms with van der Waals surface area (Å²) < 4.78 is 50.7. The van der Waals surface area contributed by atoms with Gasteiger partial charge in [0.15, 0.2) is 11.5 Å². The maximum absolute atomic E-state index is 12.7. The summed E-state index contributed by atoms with van der Waals surface area (Å²) in [6, 6.07) is 2.72. The van der Waals surface area contributed by atoms with Crippen molar-refractivity contribution in [2.45, 2.75) is 6.36 Å². The molecule has 0 spiro atoms. The Kier molecular flexibility index (Phi) is 2.31. The molecule has 1 rings (SSSR count). The zero-order valence-corrected chi connectivity index (χ0v) is 6.10. The molecule has 0 aliphatic rings. The van der Waals surface area contributed by atoms with Gasteiger partial charge in [0.1, 0.15) is 0 Å². The van der Waals surface area contributed by atoms with Crippen LogP contribution in [0.25, 0.3) is 0 Å². The molecular weight excluding hydrogens is 192 g/mol. The van der Waals surface area contributed by atoms with Gasteiger partial charge in [-0.25, -0.2) is 0 Å². The van der Waals surface area contributed by atoms with Crippen LogP contribution in [0, 0.1) is 5.82 Å². The molecule has 0 aliphatic heterocycles. The Morgan fingerprint density at radius 1 is 1.23 bits per heavy atom. The first-order chi connectivity index (χ1) is 5.90. The second-order valence-electron chi connectivity index (χ2n) is 2.14. The quantitative estimate of drug-likeness (QED) is 0.699. The molecule has 0 radical (unpaired) electrons. The summed E-state index contributed by atoms with van der Waals surface area (Å²) in [6.07, 6.45) is -4.96. The predicted molar refractivity (Wildman–Crippen MR) is 34.7 cm³/mol. The lowest BCUT2D eigenvalue weighted by Gasteiger charge is -2.09. The van der Waals surface area contributed by atoms with E-state index in [4.69, 9.17) is 5.11 Å². The highest BCUT2D eigenvalue weighted by Crippen LogP contribution is 2.29. The zero-order valence-electron chi connectivity index (χ0n) is 6.10. The molecule has 13 heavy (non-hydrogen) atoms. The first-order valence-electron chi connectivity index (χ1n) is 3.13. The first-order valence-corrected chi connectivity index (χ1v) is 3.13. The SMILES string of the molecule is Oc1cccc(OC(F)(F)F)c1F. The fraction of sp³-hybridized carbons (Fsp3) is 0.143. The number of phenolic OH excluding ortho intramolecular Hbond substituents is 1. The molecule has 1 N–H and O–H groups in total. The normalized spacial score (nSPS) is 11.4. The van der Waals surface area contributed by atoms with Crippen LogP contribution < -0.4 is 4.74 Å². The van der Waals surface area contributed by atoms with E-state index in [1.807, 2.05) is 0 Å². The summed E-state index contributed by atoms with van der Waals surface area (Å²) in [5.74, 6) is -3.37. The molecule has 0 aliphatic carbocycles. The Morgan fingerprint density at radius 3 is 2.38 bits per heavy atom. The van der Waals surface area contributed by atoms with Crippen LogP contribution in [-0.4, -0.2) is 11.5 Å². The van der Waals surface area contributed by atoms with Gasteiger partial charge in [-0.15, -0.1) is 13.2 Å². The van der Waals surface area contributed by atoms with Gasteiger partial charge in [-0.2, -0.15) is 4.39 Å². The fourth-order valence-electron chi connectivity index (χ4n) is 0.703. The maximum Gasteiger partial charge on any atom is 0.573 e. The van der Waals surface area contributed by atoms with E-state index < -0.39 is 23.7 Å². The number of rotatable bonds is 1. The van der Waals surface area contributed by atoms with Crippen LogP contribution in [0.4, 0.5) is 17.6 Å². The van der Waals surface area contributed by atoms with Crippen molar-refractivity contribution in [3.8, 4) is 11.5 Å². The van der Waals surface area contributed by atoms with E-state index in [0.717, 1.165) is 18.2 Å². The van der Waals surface area contributed by atoms with Crippen molar-refractivity contribution in [3.63, 3.8) is 0 Å². The number of alkyl halides is 3. The van der Waals surface area contributed by atoms with Gasteiger partial charge in [0, 0.05) is 0 Å². The van der Waals surface area contributed by atoms with Gasteiger partial charge >= 0.3 is 6.36 Å². The van der Waals surface area contributed by atoms with Crippen LogP contribution >= 0.6 is 0 Å². The standard InChI is InChI=1S/C7H4F4O2/c8-6-4(12)2-1-3-5(6)13-7(9,10)11/h1-3,12H. The minimum Gasteiger partial charge on any atom is -0.505 e. The van der Waals surface area contributed by atoms with Crippen LogP contribution in [0.15, 0.2) is 18.2 Å². The molecule has 72 valence electrons. The van der Waals surface area contributed by atoms with E-state index in [2.05, 4.69) is 4.74 Å². The molecule has 1 aromatic carbocycles. The number of halogens is 4. The number of ether oxygens (including phenoxy) is 1. The average Bonchev–Trinajstić information content (AvgIpc) is 1.96. The first kappa shape index (κ1) is 9.63.